The highest BCUT2D eigenvalue weighted by Crippen LogP contribution is 2.31. The minimum absolute atomic E-state index is 0.125. The fraction of sp³-hybridized carbons (Fsp3) is 0.278. The van der Waals surface area contributed by atoms with Crippen LogP contribution in [0.1, 0.15) is 11.3 Å². The van der Waals surface area contributed by atoms with Crippen molar-refractivity contribution in [3.8, 4) is 23.5 Å². The van der Waals surface area contributed by atoms with Crippen LogP contribution in [-0.2, 0) is 4.74 Å². The van der Waals surface area contributed by atoms with Crippen molar-refractivity contribution >= 4 is 11.4 Å². The molecule has 0 aliphatic carbocycles. The Morgan fingerprint density at radius 2 is 2.04 bits per heavy atom. The second-order valence-electron chi connectivity index (χ2n) is 5.52. The molecule has 1 aliphatic heterocycles. The first kappa shape index (κ1) is 15.3. The number of ether oxygens (including phenoxy) is 1. The Morgan fingerprint density at radius 3 is 2.74 bits per heavy atom. The molecule has 118 valence electrons. The third-order valence-corrected chi connectivity index (χ3v) is 4.01. The van der Waals surface area contributed by atoms with Gasteiger partial charge in [0.1, 0.15) is 11.5 Å². The van der Waals surface area contributed by atoms with Crippen molar-refractivity contribution < 1.29 is 9.13 Å². The number of hydrogen-bond donors (Lipinski definition) is 1. The van der Waals surface area contributed by atoms with Gasteiger partial charge in [-0.3, -0.25) is 0 Å². The summed E-state index contributed by atoms with van der Waals surface area (Å²) < 4.78 is 19.0. The number of terminal acetylenes is 1. The summed E-state index contributed by atoms with van der Waals surface area (Å²) >= 11 is 0. The van der Waals surface area contributed by atoms with E-state index in [1.807, 2.05) is 13.0 Å². The van der Waals surface area contributed by atoms with Gasteiger partial charge in [-0.05, 0) is 42.2 Å². The molecule has 0 amide bonds. The molecule has 0 spiro atoms. The number of aromatic nitrogens is 1. The van der Waals surface area contributed by atoms with Crippen LogP contribution in [0.5, 0.6) is 0 Å². The fourth-order valence-corrected chi connectivity index (χ4v) is 2.76. The van der Waals surface area contributed by atoms with Crippen LogP contribution in [-0.4, -0.2) is 31.3 Å². The summed E-state index contributed by atoms with van der Waals surface area (Å²) in [5, 5.41) is 0. The molecule has 1 aliphatic rings. The molecule has 0 atom stereocenters. The van der Waals surface area contributed by atoms with Gasteiger partial charge in [0.05, 0.1) is 24.6 Å². The second kappa shape index (κ2) is 6.27. The molecule has 1 saturated heterocycles. The van der Waals surface area contributed by atoms with E-state index < -0.39 is 5.82 Å². The summed E-state index contributed by atoms with van der Waals surface area (Å²) in [5.41, 5.74) is 9.86. The number of morpholine rings is 1. The van der Waals surface area contributed by atoms with E-state index in [0.29, 0.717) is 18.9 Å². The topological polar surface area (TPSA) is 51.4 Å². The highest BCUT2D eigenvalue weighted by molar-refractivity contribution is 5.75. The van der Waals surface area contributed by atoms with Gasteiger partial charge in [0.2, 0.25) is 0 Å². The third kappa shape index (κ3) is 2.99. The molecular weight excluding hydrogens is 293 g/mol. The van der Waals surface area contributed by atoms with Gasteiger partial charge in [0, 0.05) is 24.8 Å². The van der Waals surface area contributed by atoms with Crippen LogP contribution in [0.3, 0.4) is 0 Å². The molecular formula is C18H18FN3O. The summed E-state index contributed by atoms with van der Waals surface area (Å²) in [6, 6.07) is 5.07. The molecule has 23 heavy (non-hydrogen) atoms. The van der Waals surface area contributed by atoms with E-state index in [4.69, 9.17) is 16.9 Å². The zero-order valence-corrected chi connectivity index (χ0v) is 13.0. The molecule has 2 heterocycles. The SMILES string of the molecule is C#Cc1ncc(-c2cc(N)c(F)cc2C)cc1N1CCOCC1. The standard InChI is InChI=1S/C18H18FN3O/c1-3-17-18(22-4-6-23-7-5-22)9-13(11-21-17)14-10-16(20)15(19)8-12(14)2/h1,8-11H,4-7,20H2,2H3. The quantitative estimate of drug-likeness (QED) is 0.684. The van der Waals surface area contributed by atoms with Gasteiger partial charge in [0.25, 0.3) is 0 Å². The van der Waals surface area contributed by atoms with Crippen LogP contribution < -0.4 is 10.6 Å². The first-order chi connectivity index (χ1) is 11.1. The number of nitrogens with zero attached hydrogens (tertiary/aromatic N) is 2. The molecule has 1 fully saturated rings. The van der Waals surface area contributed by atoms with Crippen molar-refractivity contribution in [3.05, 3.63) is 41.5 Å². The van der Waals surface area contributed by atoms with E-state index in [0.717, 1.165) is 35.5 Å². The van der Waals surface area contributed by atoms with E-state index in [-0.39, 0.29) is 5.69 Å². The minimum atomic E-state index is -0.409. The Morgan fingerprint density at radius 1 is 1.30 bits per heavy atom. The van der Waals surface area contributed by atoms with Gasteiger partial charge in [-0.2, -0.15) is 0 Å². The number of benzene rings is 1. The van der Waals surface area contributed by atoms with Crippen LogP contribution in [0, 0.1) is 25.1 Å². The maximum absolute atomic E-state index is 13.6. The molecule has 0 radical (unpaired) electrons. The van der Waals surface area contributed by atoms with E-state index in [2.05, 4.69) is 15.8 Å². The summed E-state index contributed by atoms with van der Waals surface area (Å²) in [6.07, 6.45) is 7.29. The number of aryl methyl sites for hydroxylation is 1. The summed E-state index contributed by atoms with van der Waals surface area (Å²) in [5.74, 6) is 2.22. The highest BCUT2D eigenvalue weighted by atomic mass is 19.1. The van der Waals surface area contributed by atoms with Gasteiger partial charge < -0.3 is 15.4 Å². The van der Waals surface area contributed by atoms with Gasteiger partial charge in [-0.15, -0.1) is 6.42 Å². The van der Waals surface area contributed by atoms with Crippen molar-refractivity contribution in [1.29, 1.82) is 0 Å². The number of anilines is 2. The maximum Gasteiger partial charge on any atom is 0.146 e. The predicted octanol–water partition coefficient (Wildman–Crippen LogP) is 2.60. The summed E-state index contributed by atoms with van der Waals surface area (Å²) in [6.45, 7) is 4.71. The smallest absolute Gasteiger partial charge is 0.146 e. The lowest BCUT2D eigenvalue weighted by Gasteiger charge is -2.29. The van der Waals surface area contributed by atoms with Gasteiger partial charge >= 0.3 is 0 Å². The second-order valence-corrected chi connectivity index (χ2v) is 5.52. The van der Waals surface area contributed by atoms with Crippen molar-refractivity contribution in [3.63, 3.8) is 0 Å². The van der Waals surface area contributed by atoms with E-state index in [1.165, 1.54) is 6.07 Å². The van der Waals surface area contributed by atoms with Crippen molar-refractivity contribution in [2.75, 3.05) is 36.9 Å². The van der Waals surface area contributed by atoms with Crippen molar-refractivity contribution in [1.82, 2.24) is 4.98 Å². The lowest BCUT2D eigenvalue weighted by molar-refractivity contribution is 0.122. The minimum Gasteiger partial charge on any atom is -0.396 e. The molecule has 1 aromatic carbocycles. The van der Waals surface area contributed by atoms with Crippen molar-refractivity contribution in [2.45, 2.75) is 6.92 Å². The zero-order valence-electron chi connectivity index (χ0n) is 13.0. The number of hydrogen-bond acceptors (Lipinski definition) is 4. The summed E-state index contributed by atoms with van der Waals surface area (Å²) in [7, 11) is 0. The Labute approximate surface area is 135 Å². The Bertz CT molecular complexity index is 777. The molecule has 4 nitrogen and oxygen atoms in total. The average molecular weight is 311 g/mol. The van der Waals surface area contributed by atoms with Crippen molar-refractivity contribution in [2.24, 2.45) is 0 Å². The van der Waals surface area contributed by atoms with E-state index in [9.17, 15) is 4.39 Å². The van der Waals surface area contributed by atoms with Crippen LogP contribution in [0.2, 0.25) is 0 Å². The molecule has 5 heteroatoms. The number of halogens is 1. The normalized spacial score (nSPS) is 14.6. The molecule has 2 N–H and O–H groups in total. The summed E-state index contributed by atoms with van der Waals surface area (Å²) in [4.78, 5) is 6.55. The molecule has 0 saturated carbocycles. The largest absolute Gasteiger partial charge is 0.396 e. The van der Waals surface area contributed by atoms with Crippen LogP contribution >= 0.6 is 0 Å². The fourth-order valence-electron chi connectivity index (χ4n) is 2.76. The third-order valence-electron chi connectivity index (χ3n) is 4.01. The maximum atomic E-state index is 13.6. The Kier molecular flexibility index (Phi) is 4.18. The zero-order chi connectivity index (χ0) is 16.4. The molecule has 2 aromatic rings. The lowest BCUT2D eigenvalue weighted by Crippen LogP contribution is -2.36. The Balaban J connectivity index is 2.08. The average Bonchev–Trinajstić information content (AvgIpc) is 2.58. The molecule has 0 unspecified atom stereocenters. The Hall–Kier alpha value is -2.58. The lowest BCUT2D eigenvalue weighted by atomic mass is 10.00. The number of pyridine rings is 1. The molecule has 1 aromatic heterocycles. The predicted molar refractivity (Wildman–Crippen MR) is 89.7 cm³/mol. The van der Waals surface area contributed by atoms with E-state index >= 15 is 0 Å². The van der Waals surface area contributed by atoms with Gasteiger partial charge in [-0.1, -0.05) is 0 Å². The number of nitrogens with two attached hydrogens (primary N) is 1. The first-order valence-electron chi connectivity index (χ1n) is 7.45. The highest BCUT2D eigenvalue weighted by Gasteiger charge is 2.17. The van der Waals surface area contributed by atoms with Gasteiger partial charge in [-0.25, -0.2) is 9.37 Å². The van der Waals surface area contributed by atoms with Crippen LogP contribution in [0.15, 0.2) is 24.4 Å². The van der Waals surface area contributed by atoms with E-state index in [1.54, 1.807) is 12.3 Å². The van der Waals surface area contributed by atoms with Crippen LogP contribution in [0.4, 0.5) is 15.8 Å². The monoisotopic (exact) mass is 311 g/mol. The molecule has 3 rings (SSSR count). The number of rotatable bonds is 2. The van der Waals surface area contributed by atoms with Gasteiger partial charge in [0.15, 0.2) is 0 Å². The first-order valence-corrected chi connectivity index (χ1v) is 7.45. The number of nitrogen functional groups attached to an aromatic ring is 1. The van der Waals surface area contributed by atoms with Crippen LogP contribution in [0.25, 0.3) is 11.1 Å². The molecule has 0 bridgehead atoms.